The zero-order valence-electron chi connectivity index (χ0n) is 41.5. The van der Waals surface area contributed by atoms with Gasteiger partial charge in [-0.3, -0.25) is 0 Å². The highest BCUT2D eigenvalue weighted by Gasteiger charge is 2.60. The highest BCUT2D eigenvalue weighted by atomic mass is 15.2. The van der Waals surface area contributed by atoms with Crippen molar-refractivity contribution in [2.45, 2.75) is 54.4 Å². The van der Waals surface area contributed by atoms with E-state index in [1.54, 1.807) is 0 Å². The minimum atomic E-state index is -0.475. The minimum Gasteiger partial charge on any atom is -0.314 e. The molecule has 0 amide bonds. The van der Waals surface area contributed by atoms with E-state index in [9.17, 15) is 0 Å². The molecular formula is C67H66N2. The lowest BCUT2D eigenvalue weighted by Gasteiger charge is -2.41. The Morgan fingerprint density at radius 2 is 1.46 bits per heavy atom. The van der Waals surface area contributed by atoms with Crippen molar-refractivity contribution in [1.29, 1.82) is 0 Å². The van der Waals surface area contributed by atoms with Gasteiger partial charge in [-0.25, -0.2) is 0 Å². The first-order valence-corrected chi connectivity index (χ1v) is 24.6. The van der Waals surface area contributed by atoms with Crippen LogP contribution >= 0.6 is 0 Å². The number of para-hydroxylation sites is 1. The van der Waals surface area contributed by atoms with Gasteiger partial charge in [-0.2, -0.15) is 0 Å². The zero-order valence-corrected chi connectivity index (χ0v) is 41.5. The van der Waals surface area contributed by atoms with Gasteiger partial charge in [0.1, 0.15) is 0 Å². The van der Waals surface area contributed by atoms with Crippen molar-refractivity contribution >= 4 is 44.3 Å². The fraction of sp³-hybridized carbons (Fsp3) is 0.194. The van der Waals surface area contributed by atoms with Crippen molar-refractivity contribution in [2.24, 2.45) is 29.1 Å². The van der Waals surface area contributed by atoms with Gasteiger partial charge in [0.05, 0.1) is 5.69 Å². The molecule has 1 spiro atoms. The van der Waals surface area contributed by atoms with Gasteiger partial charge in [-0.05, 0) is 134 Å². The monoisotopic (exact) mass is 899 g/mol. The van der Waals surface area contributed by atoms with E-state index in [1.807, 2.05) is 6.08 Å². The van der Waals surface area contributed by atoms with E-state index in [4.69, 9.17) is 6.58 Å². The fourth-order valence-corrected chi connectivity index (χ4v) is 12.0. The Morgan fingerprint density at radius 1 is 0.768 bits per heavy atom. The molecule has 2 nitrogen and oxygen atoms in total. The van der Waals surface area contributed by atoms with E-state index in [1.165, 1.54) is 71.9 Å². The quantitative estimate of drug-likeness (QED) is 0.0647. The average molecular weight is 899 g/mol. The number of rotatable bonds is 13. The number of anilines is 4. The molecule has 2 heteroatoms. The van der Waals surface area contributed by atoms with Crippen LogP contribution < -0.4 is 9.80 Å². The smallest absolute Gasteiger partial charge is 0.0615 e. The summed E-state index contributed by atoms with van der Waals surface area (Å²) in [6.45, 7) is 35.6. The molecule has 3 aliphatic rings. The summed E-state index contributed by atoms with van der Waals surface area (Å²) in [7, 11) is 0. The molecule has 0 bridgehead atoms. The molecule has 5 unspecified atom stereocenters. The fourth-order valence-electron chi connectivity index (χ4n) is 12.0. The number of nitrogens with zero attached hydrogens (tertiary/aromatic N) is 2. The standard InChI is InChI=1S/C67H66N2/c1-12-25-63-56(16-5)47(10)62(67(63)52(40-44(7)13-2)43-49(14-3)61(67)17-6)39-37-53(15-4)69(55-35-33-54(34-36-55)68-48(11)46(9)42-51-28-21-24-31-64(51)68)66-58-30-23-22-29-57(58)65(50-26-19-18-20-27-50)60-41-45(8)32-38-59(60)66/h12-14,16-41,43,49,56,61,63H,2-3,5-6,10,15,42H2,1,4,7-9,11H3/b25-12-,44-40-,53-37+,62-39+. The van der Waals surface area contributed by atoms with Gasteiger partial charge in [0.2, 0.25) is 0 Å². The molecule has 1 fully saturated rings. The zero-order chi connectivity index (χ0) is 48.6. The van der Waals surface area contributed by atoms with Crippen molar-refractivity contribution in [3.05, 3.63) is 265 Å². The SMILES string of the molecule is C=C/C(C)=C\C1=CC(C=C)C(C=C)C12/C(=C/C=C(\CC)N(c1ccc(N3C(C)=C(C)Cc4ccccc43)cc1)c1c3ccccc3c(-c3ccccc3)c3cc(C)ccc13)C(=C)C(C=C)C2/C=C\C. The summed E-state index contributed by atoms with van der Waals surface area (Å²) in [6, 6.07) is 44.9. The Kier molecular flexibility index (Phi) is 13.1. The largest absolute Gasteiger partial charge is 0.314 e. The van der Waals surface area contributed by atoms with Gasteiger partial charge in [0, 0.05) is 68.3 Å². The van der Waals surface area contributed by atoms with Crippen LogP contribution in [0.15, 0.2) is 254 Å². The topological polar surface area (TPSA) is 6.48 Å². The van der Waals surface area contributed by atoms with Gasteiger partial charge in [0.25, 0.3) is 0 Å². The van der Waals surface area contributed by atoms with Gasteiger partial charge in [-0.1, -0.05) is 177 Å². The normalized spacial score (nSPS) is 22.2. The van der Waals surface area contributed by atoms with E-state index < -0.39 is 5.41 Å². The lowest BCUT2D eigenvalue weighted by Crippen LogP contribution is -2.36. The number of hydrogen-bond donors (Lipinski definition) is 0. The van der Waals surface area contributed by atoms with Crippen LogP contribution in [0.1, 0.15) is 52.2 Å². The van der Waals surface area contributed by atoms with Crippen LogP contribution in [0.5, 0.6) is 0 Å². The summed E-state index contributed by atoms with van der Waals surface area (Å²) in [5.74, 6) is 0.209. The van der Waals surface area contributed by atoms with Crippen LogP contribution in [0.4, 0.5) is 22.7 Å². The van der Waals surface area contributed by atoms with Gasteiger partial charge in [0.15, 0.2) is 0 Å². The molecular weight excluding hydrogens is 833 g/mol. The molecule has 6 aromatic rings. The third-order valence-electron chi connectivity index (χ3n) is 15.3. The number of aryl methyl sites for hydroxylation is 1. The molecule has 6 aromatic carbocycles. The maximum Gasteiger partial charge on any atom is 0.0615 e. The molecule has 1 aliphatic heterocycles. The Hall–Kier alpha value is -7.42. The van der Waals surface area contributed by atoms with Crippen molar-refractivity contribution in [3.8, 4) is 11.1 Å². The Balaban J connectivity index is 1.34. The van der Waals surface area contributed by atoms with Crippen LogP contribution in [0.25, 0.3) is 32.7 Å². The molecule has 5 atom stereocenters. The minimum absolute atomic E-state index is 0.0177. The predicted octanol–water partition coefficient (Wildman–Crippen LogP) is 18.5. The molecule has 0 aromatic heterocycles. The molecule has 344 valence electrons. The Bertz CT molecular complexity index is 3230. The van der Waals surface area contributed by atoms with Crippen LogP contribution in [-0.2, 0) is 6.42 Å². The van der Waals surface area contributed by atoms with Gasteiger partial charge >= 0.3 is 0 Å². The van der Waals surface area contributed by atoms with Crippen molar-refractivity contribution in [3.63, 3.8) is 0 Å². The van der Waals surface area contributed by atoms with Crippen molar-refractivity contribution in [1.82, 2.24) is 0 Å². The van der Waals surface area contributed by atoms with Crippen molar-refractivity contribution < 1.29 is 0 Å². The highest BCUT2D eigenvalue weighted by molar-refractivity contribution is 6.22. The molecule has 1 heterocycles. The second-order valence-corrected chi connectivity index (χ2v) is 19.1. The Morgan fingerprint density at radius 3 is 2.14 bits per heavy atom. The van der Waals surface area contributed by atoms with E-state index in [-0.39, 0.29) is 23.7 Å². The molecule has 0 N–H and O–H groups in total. The summed E-state index contributed by atoms with van der Waals surface area (Å²) >= 11 is 0. The first-order valence-electron chi connectivity index (χ1n) is 24.6. The highest BCUT2D eigenvalue weighted by Crippen LogP contribution is 2.67. The second kappa shape index (κ2) is 19.3. The van der Waals surface area contributed by atoms with Crippen LogP contribution in [0.3, 0.4) is 0 Å². The summed E-state index contributed by atoms with van der Waals surface area (Å²) < 4.78 is 0. The molecule has 0 saturated heterocycles. The van der Waals surface area contributed by atoms with E-state index in [0.717, 1.165) is 46.7 Å². The summed E-state index contributed by atoms with van der Waals surface area (Å²) in [4.78, 5) is 4.97. The summed E-state index contributed by atoms with van der Waals surface area (Å²) in [6.07, 6.45) is 24.1. The molecule has 1 saturated carbocycles. The van der Waals surface area contributed by atoms with E-state index in [2.05, 4.69) is 254 Å². The molecule has 9 rings (SSSR count). The second-order valence-electron chi connectivity index (χ2n) is 19.1. The summed E-state index contributed by atoms with van der Waals surface area (Å²) in [5, 5.41) is 4.83. The van der Waals surface area contributed by atoms with Crippen molar-refractivity contribution in [2.75, 3.05) is 9.80 Å². The van der Waals surface area contributed by atoms with E-state index >= 15 is 0 Å². The predicted molar refractivity (Wildman–Crippen MR) is 300 cm³/mol. The molecule has 2 aliphatic carbocycles. The van der Waals surface area contributed by atoms with Crippen LogP contribution in [0, 0.1) is 36.0 Å². The first kappa shape index (κ1) is 46.7. The number of fused-ring (bicyclic) bond motifs is 3. The Labute approximate surface area is 412 Å². The molecule has 0 radical (unpaired) electrons. The van der Waals surface area contributed by atoms with Gasteiger partial charge in [-0.15, -0.1) is 19.7 Å². The third-order valence-corrected chi connectivity index (χ3v) is 15.3. The van der Waals surface area contributed by atoms with E-state index in [0.29, 0.717) is 0 Å². The summed E-state index contributed by atoms with van der Waals surface area (Å²) in [5.41, 5.74) is 17.6. The molecule has 69 heavy (non-hydrogen) atoms. The van der Waals surface area contributed by atoms with Crippen LogP contribution in [0.2, 0.25) is 0 Å². The maximum atomic E-state index is 4.91. The number of hydrogen-bond acceptors (Lipinski definition) is 2. The lowest BCUT2D eigenvalue weighted by molar-refractivity contribution is 0.249. The average Bonchev–Trinajstić information content (AvgIpc) is 3.80. The van der Waals surface area contributed by atoms with Gasteiger partial charge < -0.3 is 9.80 Å². The maximum absolute atomic E-state index is 4.91. The van der Waals surface area contributed by atoms with Crippen LogP contribution in [-0.4, -0.2) is 0 Å². The lowest BCUT2D eigenvalue weighted by atomic mass is 9.61. The first-order chi connectivity index (χ1) is 33.5. The third kappa shape index (κ3) is 7.77. The number of allylic oxidation sites excluding steroid dienone is 17. The number of benzene rings is 6.